The average molecular weight is 212 g/mol. The maximum atomic E-state index is 9.86. The Balaban J connectivity index is 2.48. The van der Waals surface area contributed by atoms with Crippen molar-refractivity contribution in [3.63, 3.8) is 0 Å². The molecule has 0 bridgehead atoms. The molecule has 2 rings (SSSR count). The summed E-state index contributed by atoms with van der Waals surface area (Å²) in [5.74, 6) is 0.430. The van der Waals surface area contributed by atoms with Gasteiger partial charge >= 0.3 is 0 Å². The zero-order chi connectivity index (χ0) is 10.1. The normalized spacial score (nSPS) is 26.8. The standard InChI is InChI=1S/C11H14ClNO/c1-7-5-13-6-11(14)10-4-8(12)2-3-9(7)10/h2-4,7,11,13-14H,5-6H2,1H3. The van der Waals surface area contributed by atoms with Crippen molar-refractivity contribution in [2.75, 3.05) is 13.1 Å². The van der Waals surface area contributed by atoms with E-state index in [0.29, 0.717) is 17.5 Å². The van der Waals surface area contributed by atoms with E-state index in [9.17, 15) is 5.11 Å². The van der Waals surface area contributed by atoms with E-state index in [-0.39, 0.29) is 0 Å². The van der Waals surface area contributed by atoms with Crippen LogP contribution in [0.2, 0.25) is 5.02 Å². The van der Waals surface area contributed by atoms with E-state index in [4.69, 9.17) is 11.6 Å². The molecule has 0 fully saturated rings. The Morgan fingerprint density at radius 1 is 1.36 bits per heavy atom. The van der Waals surface area contributed by atoms with Crippen molar-refractivity contribution in [2.24, 2.45) is 0 Å². The molecule has 0 aliphatic carbocycles. The molecule has 0 radical (unpaired) electrons. The maximum absolute atomic E-state index is 9.86. The van der Waals surface area contributed by atoms with Crippen molar-refractivity contribution in [2.45, 2.75) is 18.9 Å². The minimum Gasteiger partial charge on any atom is -0.387 e. The van der Waals surface area contributed by atoms with Gasteiger partial charge in [-0.3, -0.25) is 0 Å². The van der Waals surface area contributed by atoms with Crippen molar-refractivity contribution in [3.05, 3.63) is 34.3 Å². The van der Waals surface area contributed by atoms with Gasteiger partial charge in [0.15, 0.2) is 0 Å². The molecular formula is C11H14ClNO. The van der Waals surface area contributed by atoms with Crippen molar-refractivity contribution in [1.29, 1.82) is 0 Å². The second-order valence-electron chi connectivity index (χ2n) is 3.85. The summed E-state index contributed by atoms with van der Waals surface area (Å²) in [6, 6.07) is 5.76. The summed E-state index contributed by atoms with van der Waals surface area (Å²) in [7, 11) is 0. The topological polar surface area (TPSA) is 32.3 Å². The smallest absolute Gasteiger partial charge is 0.0917 e. The van der Waals surface area contributed by atoms with E-state index in [1.54, 1.807) is 0 Å². The first-order valence-corrected chi connectivity index (χ1v) is 5.24. The quantitative estimate of drug-likeness (QED) is 0.689. The summed E-state index contributed by atoms with van der Waals surface area (Å²) in [6.45, 7) is 3.67. The summed E-state index contributed by atoms with van der Waals surface area (Å²) < 4.78 is 0. The van der Waals surface area contributed by atoms with Gasteiger partial charge in [0.1, 0.15) is 0 Å². The van der Waals surface area contributed by atoms with Gasteiger partial charge in [-0.15, -0.1) is 0 Å². The number of hydrogen-bond donors (Lipinski definition) is 2. The van der Waals surface area contributed by atoms with Crippen molar-refractivity contribution in [3.8, 4) is 0 Å². The number of aliphatic hydroxyl groups is 1. The van der Waals surface area contributed by atoms with Crippen LogP contribution in [0.1, 0.15) is 30.1 Å². The second kappa shape index (κ2) is 3.89. The molecule has 2 nitrogen and oxygen atoms in total. The van der Waals surface area contributed by atoms with Gasteiger partial charge in [-0.1, -0.05) is 24.6 Å². The molecular weight excluding hydrogens is 198 g/mol. The van der Waals surface area contributed by atoms with E-state index < -0.39 is 6.10 Å². The van der Waals surface area contributed by atoms with Crippen LogP contribution in [0.4, 0.5) is 0 Å². The maximum Gasteiger partial charge on any atom is 0.0917 e. The fraction of sp³-hybridized carbons (Fsp3) is 0.455. The zero-order valence-corrected chi connectivity index (χ0v) is 8.88. The van der Waals surface area contributed by atoms with Gasteiger partial charge in [0, 0.05) is 18.1 Å². The summed E-state index contributed by atoms with van der Waals surface area (Å²) in [5, 5.41) is 13.8. The van der Waals surface area contributed by atoms with E-state index in [1.165, 1.54) is 5.56 Å². The lowest BCUT2D eigenvalue weighted by atomic mass is 9.94. The SMILES string of the molecule is CC1CNCC(O)c2cc(Cl)ccc21. The third-order valence-electron chi connectivity index (χ3n) is 2.73. The van der Waals surface area contributed by atoms with Crippen LogP contribution in [0.25, 0.3) is 0 Å². The fourth-order valence-electron chi connectivity index (χ4n) is 1.94. The number of rotatable bonds is 0. The molecule has 0 amide bonds. The zero-order valence-electron chi connectivity index (χ0n) is 8.13. The minimum absolute atomic E-state index is 0.430. The Morgan fingerprint density at radius 3 is 2.93 bits per heavy atom. The molecule has 2 unspecified atom stereocenters. The van der Waals surface area contributed by atoms with Gasteiger partial charge in [0.25, 0.3) is 0 Å². The van der Waals surface area contributed by atoms with Crippen molar-refractivity contribution in [1.82, 2.24) is 5.32 Å². The third-order valence-corrected chi connectivity index (χ3v) is 2.96. The second-order valence-corrected chi connectivity index (χ2v) is 4.28. The van der Waals surface area contributed by atoms with E-state index in [0.717, 1.165) is 12.1 Å². The fourth-order valence-corrected chi connectivity index (χ4v) is 2.12. The molecule has 1 aromatic rings. The predicted octanol–water partition coefficient (Wildman–Crippen LogP) is 2.08. The number of benzene rings is 1. The van der Waals surface area contributed by atoms with E-state index in [2.05, 4.69) is 12.2 Å². The molecule has 1 aliphatic heterocycles. The largest absolute Gasteiger partial charge is 0.387 e. The lowest BCUT2D eigenvalue weighted by molar-refractivity contribution is 0.178. The molecule has 0 saturated carbocycles. The van der Waals surface area contributed by atoms with Crippen molar-refractivity contribution < 1.29 is 5.11 Å². The van der Waals surface area contributed by atoms with Crippen LogP contribution in [0.3, 0.4) is 0 Å². The lowest BCUT2D eigenvalue weighted by Crippen LogP contribution is -2.21. The van der Waals surface area contributed by atoms with Crippen LogP contribution >= 0.6 is 11.6 Å². The van der Waals surface area contributed by atoms with Gasteiger partial charge in [-0.2, -0.15) is 0 Å². The van der Waals surface area contributed by atoms with Crippen LogP contribution in [-0.2, 0) is 0 Å². The molecule has 1 heterocycles. The molecule has 1 aromatic carbocycles. The van der Waals surface area contributed by atoms with Gasteiger partial charge in [0.2, 0.25) is 0 Å². The predicted molar refractivity (Wildman–Crippen MR) is 57.7 cm³/mol. The highest BCUT2D eigenvalue weighted by atomic mass is 35.5. The monoisotopic (exact) mass is 211 g/mol. The molecule has 2 atom stereocenters. The first kappa shape index (κ1) is 9.97. The van der Waals surface area contributed by atoms with Crippen LogP contribution in [0.5, 0.6) is 0 Å². The number of halogens is 1. The van der Waals surface area contributed by atoms with Gasteiger partial charge in [-0.05, 0) is 29.2 Å². The molecule has 76 valence electrons. The first-order chi connectivity index (χ1) is 6.68. The van der Waals surface area contributed by atoms with Crippen LogP contribution in [-0.4, -0.2) is 18.2 Å². The van der Waals surface area contributed by atoms with E-state index >= 15 is 0 Å². The number of aliphatic hydroxyl groups excluding tert-OH is 1. The Hall–Kier alpha value is -0.570. The van der Waals surface area contributed by atoms with Gasteiger partial charge in [0.05, 0.1) is 6.10 Å². The number of fused-ring (bicyclic) bond motifs is 1. The van der Waals surface area contributed by atoms with Crippen LogP contribution in [0.15, 0.2) is 18.2 Å². The number of nitrogens with one attached hydrogen (secondary N) is 1. The first-order valence-electron chi connectivity index (χ1n) is 4.86. The van der Waals surface area contributed by atoms with Crippen LogP contribution < -0.4 is 5.32 Å². The number of hydrogen-bond acceptors (Lipinski definition) is 2. The highest BCUT2D eigenvalue weighted by Crippen LogP contribution is 2.29. The highest BCUT2D eigenvalue weighted by Gasteiger charge is 2.20. The molecule has 0 aromatic heterocycles. The Labute approximate surface area is 88.9 Å². The van der Waals surface area contributed by atoms with Gasteiger partial charge < -0.3 is 10.4 Å². The Morgan fingerprint density at radius 2 is 2.14 bits per heavy atom. The molecule has 3 heteroatoms. The Bertz CT molecular complexity index is 340. The summed E-state index contributed by atoms with van der Waals surface area (Å²) in [6.07, 6.45) is -0.436. The number of β-amino-alcohol motifs (C(OH)–C–C–N with tert-alkyl or cyclic N) is 1. The Kier molecular flexibility index (Phi) is 2.77. The molecule has 1 aliphatic rings. The molecule has 14 heavy (non-hydrogen) atoms. The van der Waals surface area contributed by atoms with Crippen LogP contribution in [0, 0.1) is 0 Å². The summed E-state index contributed by atoms with van der Waals surface area (Å²) in [5.41, 5.74) is 2.17. The highest BCUT2D eigenvalue weighted by molar-refractivity contribution is 6.30. The minimum atomic E-state index is -0.436. The lowest BCUT2D eigenvalue weighted by Gasteiger charge is -2.14. The summed E-state index contributed by atoms with van der Waals surface area (Å²) in [4.78, 5) is 0. The summed E-state index contributed by atoms with van der Waals surface area (Å²) >= 11 is 5.91. The van der Waals surface area contributed by atoms with Gasteiger partial charge in [-0.25, -0.2) is 0 Å². The molecule has 0 saturated heterocycles. The average Bonchev–Trinajstić information content (AvgIpc) is 2.28. The molecule has 0 spiro atoms. The third kappa shape index (κ3) is 1.78. The van der Waals surface area contributed by atoms with E-state index in [1.807, 2.05) is 18.2 Å². The van der Waals surface area contributed by atoms with Crippen molar-refractivity contribution >= 4 is 11.6 Å². The molecule has 2 N–H and O–H groups in total.